The van der Waals surface area contributed by atoms with Crippen LogP contribution >= 0.6 is 22.9 Å². The molecule has 1 atom stereocenters. The Morgan fingerprint density at radius 2 is 1.92 bits per heavy atom. The molecule has 3 aromatic rings. The van der Waals surface area contributed by atoms with Gasteiger partial charge in [0.25, 0.3) is 5.91 Å². The Morgan fingerprint density at radius 1 is 1.18 bits per heavy atom. The first kappa shape index (κ1) is 28.9. The summed E-state index contributed by atoms with van der Waals surface area (Å²) in [5.41, 5.74) is 0.509. The number of carbonyl (C=O) groups excluding carboxylic acids is 2. The molecular weight excluding hydrogens is 574 g/mol. The number of nitrogens with zero attached hydrogens (tertiary/aromatic N) is 1. The Balaban J connectivity index is 1.62. The zero-order chi connectivity index (χ0) is 28.2. The third-order valence-electron chi connectivity index (χ3n) is 6.10. The molecule has 39 heavy (non-hydrogen) atoms. The SMILES string of the molecule is CCOC(=O)Cc1csc(NC(=O)C(Oc2ccc(F)cc2F)c2ccc(S(=O)(=O)C3CCCC3)c(Cl)c2)n1. The highest BCUT2D eigenvalue weighted by Gasteiger charge is 2.33. The fourth-order valence-electron chi connectivity index (χ4n) is 4.24. The van der Waals surface area contributed by atoms with Gasteiger partial charge in [-0.15, -0.1) is 11.3 Å². The normalized spacial score (nSPS) is 14.7. The maximum Gasteiger partial charge on any atom is 0.311 e. The Hall–Kier alpha value is -3.09. The summed E-state index contributed by atoms with van der Waals surface area (Å²) in [4.78, 5) is 29.2. The van der Waals surface area contributed by atoms with Gasteiger partial charge in [-0.3, -0.25) is 14.9 Å². The summed E-state index contributed by atoms with van der Waals surface area (Å²) in [5.74, 6) is -3.53. The van der Waals surface area contributed by atoms with Crippen molar-refractivity contribution >= 4 is 49.8 Å². The third kappa shape index (κ3) is 6.92. The molecule has 1 aromatic heterocycles. The van der Waals surface area contributed by atoms with Crippen molar-refractivity contribution in [1.82, 2.24) is 4.98 Å². The molecule has 0 aliphatic heterocycles. The summed E-state index contributed by atoms with van der Waals surface area (Å²) in [7, 11) is -3.68. The number of sulfone groups is 1. The number of carbonyl (C=O) groups is 2. The number of benzene rings is 2. The first-order valence-corrected chi connectivity index (χ1v) is 14.9. The number of hydrogen-bond acceptors (Lipinski definition) is 8. The molecule has 0 radical (unpaired) electrons. The molecule has 4 rings (SSSR count). The van der Waals surface area contributed by atoms with Gasteiger partial charge in [0.1, 0.15) is 5.82 Å². The molecule has 1 N–H and O–H groups in total. The number of nitrogens with one attached hydrogen (secondary N) is 1. The minimum Gasteiger partial charge on any atom is -0.473 e. The number of hydrogen-bond donors (Lipinski definition) is 1. The van der Waals surface area contributed by atoms with E-state index in [1.807, 2.05) is 0 Å². The highest BCUT2D eigenvalue weighted by molar-refractivity contribution is 7.92. The minimum absolute atomic E-state index is 0.0598. The number of esters is 1. The van der Waals surface area contributed by atoms with Gasteiger partial charge in [-0.25, -0.2) is 22.2 Å². The number of ether oxygens (including phenoxy) is 2. The van der Waals surface area contributed by atoms with E-state index in [-0.39, 0.29) is 33.6 Å². The van der Waals surface area contributed by atoms with Gasteiger partial charge < -0.3 is 9.47 Å². The highest BCUT2D eigenvalue weighted by Crippen LogP contribution is 2.35. The lowest BCUT2D eigenvalue weighted by Crippen LogP contribution is -2.26. The molecule has 1 amide bonds. The van der Waals surface area contributed by atoms with E-state index in [1.54, 1.807) is 12.3 Å². The van der Waals surface area contributed by atoms with Crippen LogP contribution in [0.5, 0.6) is 5.75 Å². The molecule has 8 nitrogen and oxygen atoms in total. The van der Waals surface area contributed by atoms with Crippen molar-refractivity contribution in [2.45, 2.75) is 55.3 Å². The van der Waals surface area contributed by atoms with Crippen LogP contribution in [0.15, 0.2) is 46.7 Å². The first-order chi connectivity index (χ1) is 18.6. The molecule has 1 fully saturated rings. The van der Waals surface area contributed by atoms with E-state index in [4.69, 9.17) is 21.1 Å². The van der Waals surface area contributed by atoms with Crippen LogP contribution in [0.2, 0.25) is 5.02 Å². The Labute approximate surface area is 233 Å². The van der Waals surface area contributed by atoms with Gasteiger partial charge in [-0.05, 0) is 44.0 Å². The topological polar surface area (TPSA) is 112 Å². The number of amides is 1. The fourth-order valence-corrected chi connectivity index (χ4v) is 7.36. The van der Waals surface area contributed by atoms with Gasteiger partial charge >= 0.3 is 5.97 Å². The zero-order valence-electron chi connectivity index (χ0n) is 20.8. The van der Waals surface area contributed by atoms with Gasteiger partial charge in [0.2, 0.25) is 6.10 Å². The molecule has 1 saturated carbocycles. The van der Waals surface area contributed by atoms with E-state index in [2.05, 4.69) is 10.3 Å². The van der Waals surface area contributed by atoms with Crippen LogP contribution < -0.4 is 10.1 Å². The Morgan fingerprint density at radius 3 is 2.59 bits per heavy atom. The summed E-state index contributed by atoms with van der Waals surface area (Å²) in [6.45, 7) is 1.90. The van der Waals surface area contributed by atoms with Gasteiger partial charge in [0.05, 0.1) is 33.9 Å². The van der Waals surface area contributed by atoms with Crippen LogP contribution in [0.4, 0.5) is 13.9 Å². The van der Waals surface area contributed by atoms with E-state index in [0.717, 1.165) is 36.3 Å². The minimum atomic E-state index is -3.68. The summed E-state index contributed by atoms with van der Waals surface area (Å²) in [6, 6.07) is 6.57. The van der Waals surface area contributed by atoms with Crippen LogP contribution in [0.3, 0.4) is 0 Å². The van der Waals surface area contributed by atoms with Crippen LogP contribution in [0, 0.1) is 11.6 Å². The molecule has 13 heteroatoms. The monoisotopic (exact) mass is 598 g/mol. The largest absolute Gasteiger partial charge is 0.473 e. The standard InChI is InChI=1S/C26H25ClF2N2O6S2/c1-2-36-23(32)13-17-14-38-26(30-17)31-25(33)24(37-21-9-8-16(28)12-20(21)29)15-7-10-22(19(27)11-15)39(34,35)18-5-3-4-6-18/h7-12,14,18,24H,2-6,13H2,1H3,(H,30,31,33). The van der Waals surface area contributed by atoms with Gasteiger partial charge in [-0.1, -0.05) is 30.5 Å². The van der Waals surface area contributed by atoms with E-state index in [0.29, 0.717) is 24.6 Å². The molecular formula is C26H25ClF2N2O6S2. The van der Waals surface area contributed by atoms with Crippen molar-refractivity contribution in [3.05, 3.63) is 69.7 Å². The van der Waals surface area contributed by atoms with Crippen molar-refractivity contribution in [2.24, 2.45) is 0 Å². The number of rotatable bonds is 10. The quantitative estimate of drug-likeness (QED) is 0.300. The fraction of sp³-hybridized carbons (Fsp3) is 0.346. The molecule has 208 valence electrons. The van der Waals surface area contributed by atoms with Crippen LogP contribution in [-0.4, -0.2) is 37.1 Å². The van der Waals surface area contributed by atoms with Crippen molar-refractivity contribution in [3.63, 3.8) is 0 Å². The highest BCUT2D eigenvalue weighted by atomic mass is 35.5. The zero-order valence-corrected chi connectivity index (χ0v) is 23.2. The predicted molar refractivity (Wildman–Crippen MR) is 142 cm³/mol. The second-order valence-corrected chi connectivity index (χ2v) is 12.3. The Kier molecular flexibility index (Phi) is 9.19. The van der Waals surface area contributed by atoms with Gasteiger partial charge in [-0.2, -0.15) is 0 Å². The number of anilines is 1. The average molecular weight is 599 g/mol. The predicted octanol–water partition coefficient (Wildman–Crippen LogP) is 5.66. The van der Waals surface area contributed by atoms with E-state index < -0.39 is 50.5 Å². The number of aromatic nitrogens is 1. The summed E-state index contributed by atoms with van der Waals surface area (Å²) >= 11 is 7.44. The van der Waals surface area contributed by atoms with E-state index >= 15 is 0 Å². The van der Waals surface area contributed by atoms with Crippen LogP contribution in [0.25, 0.3) is 0 Å². The third-order valence-corrected chi connectivity index (χ3v) is 9.65. The molecule has 1 aliphatic carbocycles. The van der Waals surface area contributed by atoms with E-state index in [9.17, 15) is 26.8 Å². The van der Waals surface area contributed by atoms with Crippen LogP contribution in [-0.2, 0) is 30.6 Å². The summed E-state index contributed by atoms with van der Waals surface area (Å²) in [5, 5.41) is 3.63. The Bertz CT molecular complexity index is 1470. The lowest BCUT2D eigenvalue weighted by molar-refractivity contribution is -0.142. The average Bonchev–Trinajstić information content (AvgIpc) is 3.56. The van der Waals surface area contributed by atoms with Crippen molar-refractivity contribution < 1.29 is 36.3 Å². The van der Waals surface area contributed by atoms with Gasteiger partial charge in [0.15, 0.2) is 26.5 Å². The molecule has 0 saturated heterocycles. The number of halogens is 3. The number of thiazole rings is 1. The second kappa shape index (κ2) is 12.4. The van der Waals surface area contributed by atoms with Crippen molar-refractivity contribution in [2.75, 3.05) is 11.9 Å². The van der Waals surface area contributed by atoms with Crippen LogP contribution in [0.1, 0.15) is 50.0 Å². The molecule has 0 spiro atoms. The molecule has 1 aliphatic rings. The second-order valence-electron chi connectivity index (χ2n) is 8.83. The molecule has 0 bridgehead atoms. The maximum atomic E-state index is 14.4. The van der Waals surface area contributed by atoms with Crippen molar-refractivity contribution in [3.8, 4) is 5.75 Å². The summed E-state index contributed by atoms with van der Waals surface area (Å²) < 4.78 is 64.6. The molecule has 1 heterocycles. The first-order valence-electron chi connectivity index (χ1n) is 12.1. The smallest absolute Gasteiger partial charge is 0.311 e. The van der Waals surface area contributed by atoms with Gasteiger partial charge in [0, 0.05) is 17.0 Å². The van der Waals surface area contributed by atoms with E-state index in [1.165, 1.54) is 18.2 Å². The summed E-state index contributed by atoms with van der Waals surface area (Å²) in [6.07, 6.45) is 1.12. The van der Waals surface area contributed by atoms with Crippen molar-refractivity contribution in [1.29, 1.82) is 0 Å². The molecule has 2 aromatic carbocycles. The lowest BCUT2D eigenvalue weighted by Gasteiger charge is -2.20. The molecule has 1 unspecified atom stereocenters. The lowest BCUT2D eigenvalue weighted by atomic mass is 10.1. The maximum absolute atomic E-state index is 14.4.